The number of benzene rings is 1. The molecular weight excluding hydrogens is 333 g/mol. The van der Waals surface area contributed by atoms with E-state index < -0.39 is 0 Å². The SMILES string of the molecule is CCNC(=NCC(=O)Nc1ccc(F)cc1)NC1CCN(C(C)C)CC1. The maximum Gasteiger partial charge on any atom is 0.246 e. The Bertz CT molecular complexity index is 594. The summed E-state index contributed by atoms with van der Waals surface area (Å²) < 4.78 is 12.9. The highest BCUT2D eigenvalue weighted by Crippen LogP contribution is 2.13. The van der Waals surface area contributed by atoms with Gasteiger partial charge in [0.1, 0.15) is 12.4 Å². The van der Waals surface area contributed by atoms with E-state index in [9.17, 15) is 9.18 Å². The maximum absolute atomic E-state index is 12.9. The van der Waals surface area contributed by atoms with Crippen molar-refractivity contribution in [2.45, 2.75) is 45.7 Å². The van der Waals surface area contributed by atoms with E-state index in [2.05, 4.69) is 39.7 Å². The molecule has 1 aromatic carbocycles. The first-order valence-electron chi connectivity index (χ1n) is 9.32. The molecule has 1 heterocycles. The zero-order valence-electron chi connectivity index (χ0n) is 15.9. The highest BCUT2D eigenvalue weighted by Gasteiger charge is 2.21. The average Bonchev–Trinajstić information content (AvgIpc) is 2.62. The lowest BCUT2D eigenvalue weighted by molar-refractivity contribution is -0.114. The molecular formula is C19H30FN5O. The van der Waals surface area contributed by atoms with E-state index in [4.69, 9.17) is 0 Å². The minimum atomic E-state index is -0.330. The normalized spacial score (nSPS) is 16.6. The Kier molecular flexibility index (Phi) is 7.84. The van der Waals surface area contributed by atoms with Crippen molar-refractivity contribution >= 4 is 17.6 Å². The summed E-state index contributed by atoms with van der Waals surface area (Å²) in [4.78, 5) is 18.9. The molecule has 1 fully saturated rings. The van der Waals surface area contributed by atoms with Gasteiger partial charge in [-0.15, -0.1) is 0 Å². The van der Waals surface area contributed by atoms with Gasteiger partial charge >= 0.3 is 0 Å². The van der Waals surface area contributed by atoms with Crippen molar-refractivity contribution in [2.75, 3.05) is 31.5 Å². The van der Waals surface area contributed by atoms with Crippen LogP contribution in [0.3, 0.4) is 0 Å². The molecule has 3 N–H and O–H groups in total. The smallest absolute Gasteiger partial charge is 0.246 e. The number of hydrogen-bond donors (Lipinski definition) is 3. The Labute approximate surface area is 155 Å². The first-order valence-corrected chi connectivity index (χ1v) is 9.32. The molecule has 0 radical (unpaired) electrons. The fourth-order valence-corrected chi connectivity index (χ4v) is 2.96. The van der Waals surface area contributed by atoms with Gasteiger partial charge in [0.05, 0.1) is 0 Å². The standard InChI is InChI=1S/C19H30FN5O/c1-4-21-19(24-17-9-11-25(12-10-17)14(2)3)22-13-18(26)23-16-7-5-15(20)6-8-16/h5-8,14,17H,4,9-13H2,1-3H3,(H,23,26)(H2,21,22,24). The molecule has 1 amide bonds. The molecule has 6 nitrogen and oxygen atoms in total. The number of anilines is 1. The lowest BCUT2D eigenvalue weighted by Crippen LogP contribution is -2.50. The summed E-state index contributed by atoms with van der Waals surface area (Å²) in [7, 11) is 0. The van der Waals surface area contributed by atoms with Gasteiger partial charge in [-0.05, 0) is 57.9 Å². The molecule has 1 aliphatic heterocycles. The van der Waals surface area contributed by atoms with Crippen molar-refractivity contribution in [3.63, 3.8) is 0 Å². The first-order chi connectivity index (χ1) is 12.5. The molecule has 144 valence electrons. The molecule has 0 aliphatic carbocycles. The monoisotopic (exact) mass is 363 g/mol. The van der Waals surface area contributed by atoms with Crippen LogP contribution in [0.2, 0.25) is 0 Å². The summed E-state index contributed by atoms with van der Waals surface area (Å²) in [5, 5.41) is 9.33. The largest absolute Gasteiger partial charge is 0.357 e. The quantitative estimate of drug-likeness (QED) is 0.535. The summed E-state index contributed by atoms with van der Waals surface area (Å²) in [5.74, 6) is 0.0938. The van der Waals surface area contributed by atoms with Crippen LogP contribution in [0.15, 0.2) is 29.3 Å². The van der Waals surface area contributed by atoms with Crippen molar-refractivity contribution in [3.8, 4) is 0 Å². The van der Waals surface area contributed by atoms with E-state index in [-0.39, 0.29) is 18.3 Å². The first kappa shape index (κ1) is 20.2. The predicted octanol–water partition coefficient (Wildman–Crippen LogP) is 2.19. The van der Waals surface area contributed by atoms with Crippen molar-refractivity contribution < 1.29 is 9.18 Å². The van der Waals surface area contributed by atoms with Crippen LogP contribution in [0, 0.1) is 5.82 Å². The maximum atomic E-state index is 12.9. The second-order valence-corrected chi connectivity index (χ2v) is 6.80. The average molecular weight is 363 g/mol. The summed E-state index contributed by atoms with van der Waals surface area (Å²) in [6.07, 6.45) is 2.12. The molecule has 0 bridgehead atoms. The number of carbonyl (C=O) groups excluding carboxylic acids is 1. The molecule has 7 heteroatoms. The van der Waals surface area contributed by atoms with Crippen molar-refractivity contribution in [3.05, 3.63) is 30.1 Å². The number of piperidine rings is 1. The number of likely N-dealkylation sites (tertiary alicyclic amines) is 1. The second kappa shape index (κ2) is 10.1. The van der Waals surface area contributed by atoms with Crippen molar-refractivity contribution in [1.29, 1.82) is 0 Å². The number of rotatable bonds is 6. The number of halogens is 1. The topological polar surface area (TPSA) is 68.8 Å². The van der Waals surface area contributed by atoms with Crippen LogP contribution < -0.4 is 16.0 Å². The Morgan fingerprint density at radius 3 is 2.50 bits per heavy atom. The fourth-order valence-electron chi connectivity index (χ4n) is 2.96. The number of carbonyl (C=O) groups is 1. The fraction of sp³-hybridized carbons (Fsp3) is 0.579. The minimum absolute atomic E-state index is 0.0115. The van der Waals surface area contributed by atoms with Gasteiger partial charge in [-0.25, -0.2) is 9.38 Å². The van der Waals surface area contributed by atoms with Crippen molar-refractivity contribution in [2.24, 2.45) is 4.99 Å². The summed E-state index contributed by atoms with van der Waals surface area (Å²) >= 11 is 0. The highest BCUT2D eigenvalue weighted by atomic mass is 19.1. The van der Waals surface area contributed by atoms with Crippen LogP contribution in [0.25, 0.3) is 0 Å². The predicted molar refractivity (Wildman–Crippen MR) is 104 cm³/mol. The number of aliphatic imine (C=N–C) groups is 1. The summed E-state index contributed by atoms with van der Waals surface area (Å²) in [5.41, 5.74) is 0.561. The van der Waals surface area contributed by atoms with Crippen LogP contribution in [0.1, 0.15) is 33.6 Å². The van der Waals surface area contributed by atoms with Gasteiger partial charge in [0.2, 0.25) is 5.91 Å². The molecule has 0 spiro atoms. The van der Waals surface area contributed by atoms with E-state index in [1.165, 1.54) is 24.3 Å². The molecule has 1 aromatic rings. The lowest BCUT2D eigenvalue weighted by Gasteiger charge is -2.35. The molecule has 0 atom stereocenters. The second-order valence-electron chi connectivity index (χ2n) is 6.80. The summed E-state index contributed by atoms with van der Waals surface area (Å²) in [6.45, 7) is 9.32. The zero-order chi connectivity index (χ0) is 18.9. The molecule has 1 aliphatic rings. The Balaban J connectivity index is 1.84. The zero-order valence-corrected chi connectivity index (χ0v) is 15.9. The lowest BCUT2D eigenvalue weighted by atomic mass is 10.0. The third-order valence-electron chi connectivity index (χ3n) is 4.45. The molecule has 1 saturated heterocycles. The molecule has 0 aromatic heterocycles. The number of guanidine groups is 1. The third-order valence-corrected chi connectivity index (χ3v) is 4.45. The molecule has 26 heavy (non-hydrogen) atoms. The van der Waals surface area contributed by atoms with Crippen LogP contribution in [-0.2, 0) is 4.79 Å². The van der Waals surface area contributed by atoms with Crippen LogP contribution in [-0.4, -0.2) is 55.0 Å². The minimum Gasteiger partial charge on any atom is -0.357 e. The number of nitrogens with zero attached hydrogens (tertiary/aromatic N) is 2. The highest BCUT2D eigenvalue weighted by molar-refractivity contribution is 5.94. The van der Waals surface area contributed by atoms with E-state index in [1.807, 2.05) is 6.92 Å². The van der Waals surface area contributed by atoms with Gasteiger partial charge in [-0.1, -0.05) is 0 Å². The number of hydrogen-bond acceptors (Lipinski definition) is 3. The van der Waals surface area contributed by atoms with Crippen LogP contribution in [0.5, 0.6) is 0 Å². The van der Waals surface area contributed by atoms with Gasteiger partial charge in [0, 0.05) is 37.4 Å². The Morgan fingerprint density at radius 1 is 1.27 bits per heavy atom. The van der Waals surface area contributed by atoms with Gasteiger partial charge in [0.15, 0.2) is 5.96 Å². The third kappa shape index (κ3) is 6.63. The van der Waals surface area contributed by atoms with Gasteiger partial charge in [-0.2, -0.15) is 0 Å². The van der Waals surface area contributed by atoms with E-state index in [0.717, 1.165) is 32.5 Å². The van der Waals surface area contributed by atoms with Crippen molar-refractivity contribution in [1.82, 2.24) is 15.5 Å². The Hall–Kier alpha value is -2.15. The molecule has 0 saturated carbocycles. The molecule has 2 rings (SSSR count). The van der Waals surface area contributed by atoms with E-state index in [0.29, 0.717) is 23.7 Å². The van der Waals surface area contributed by atoms with Crippen LogP contribution in [0.4, 0.5) is 10.1 Å². The van der Waals surface area contributed by atoms with Gasteiger partial charge < -0.3 is 20.9 Å². The summed E-state index contributed by atoms with van der Waals surface area (Å²) in [6, 6.07) is 6.63. The van der Waals surface area contributed by atoms with Gasteiger partial charge in [0.25, 0.3) is 0 Å². The van der Waals surface area contributed by atoms with E-state index in [1.54, 1.807) is 0 Å². The Morgan fingerprint density at radius 2 is 1.92 bits per heavy atom. The van der Waals surface area contributed by atoms with Crippen LogP contribution >= 0.6 is 0 Å². The number of nitrogens with one attached hydrogen (secondary N) is 3. The van der Waals surface area contributed by atoms with E-state index >= 15 is 0 Å². The molecule has 0 unspecified atom stereocenters. The number of amides is 1. The van der Waals surface area contributed by atoms with Gasteiger partial charge in [-0.3, -0.25) is 4.79 Å².